The summed E-state index contributed by atoms with van der Waals surface area (Å²) in [5.74, 6) is -0.860. The number of rotatable bonds is 4. The summed E-state index contributed by atoms with van der Waals surface area (Å²) < 4.78 is 13.4. The average Bonchev–Trinajstić information content (AvgIpc) is 2.38. The van der Waals surface area contributed by atoms with Crippen molar-refractivity contribution in [3.63, 3.8) is 0 Å². The summed E-state index contributed by atoms with van der Waals surface area (Å²) in [5, 5.41) is 11.6. The molecular formula is C12H11FN2OS2. The van der Waals surface area contributed by atoms with Gasteiger partial charge < -0.3 is 5.32 Å². The second-order valence-corrected chi connectivity index (χ2v) is 5.03. The van der Waals surface area contributed by atoms with Crippen LogP contribution in [-0.4, -0.2) is 18.4 Å². The minimum Gasteiger partial charge on any atom is -0.321 e. The lowest BCUT2D eigenvalue weighted by Gasteiger charge is -2.06. The summed E-state index contributed by atoms with van der Waals surface area (Å²) in [6.07, 6.45) is 3.60. The number of hydrogen-bond acceptors (Lipinski definition) is 4. The molecule has 0 aromatic heterocycles. The van der Waals surface area contributed by atoms with Crippen molar-refractivity contribution >= 4 is 35.1 Å². The zero-order chi connectivity index (χ0) is 13.5. The molecule has 1 aromatic carbocycles. The van der Waals surface area contributed by atoms with Gasteiger partial charge in [-0.05, 0) is 36.8 Å². The molecule has 0 aliphatic heterocycles. The third-order valence-electron chi connectivity index (χ3n) is 2.02. The highest BCUT2D eigenvalue weighted by atomic mass is 32.2. The van der Waals surface area contributed by atoms with E-state index in [0.29, 0.717) is 9.92 Å². The number of amides is 1. The van der Waals surface area contributed by atoms with E-state index in [1.54, 1.807) is 12.5 Å². The predicted molar refractivity (Wildman–Crippen MR) is 74.7 cm³/mol. The Morgan fingerprint density at radius 2 is 1.83 bits per heavy atom. The van der Waals surface area contributed by atoms with E-state index in [1.165, 1.54) is 47.8 Å². The second kappa shape index (κ2) is 7.09. The topological polar surface area (TPSA) is 52.9 Å². The van der Waals surface area contributed by atoms with Crippen molar-refractivity contribution in [3.05, 3.63) is 39.9 Å². The summed E-state index contributed by atoms with van der Waals surface area (Å²) in [4.78, 5) is 11.9. The summed E-state index contributed by atoms with van der Waals surface area (Å²) in [5.41, 5.74) is 0.523. The number of benzene rings is 1. The molecule has 0 radical (unpaired) electrons. The molecule has 1 N–H and O–H groups in total. The van der Waals surface area contributed by atoms with Gasteiger partial charge in [0.05, 0.1) is 4.24 Å². The normalized spacial score (nSPS) is 9.44. The molecule has 1 rings (SSSR count). The van der Waals surface area contributed by atoms with Gasteiger partial charge in [-0.15, -0.1) is 23.5 Å². The van der Waals surface area contributed by atoms with E-state index in [-0.39, 0.29) is 11.4 Å². The van der Waals surface area contributed by atoms with Crippen LogP contribution in [0.1, 0.15) is 0 Å². The van der Waals surface area contributed by atoms with E-state index in [2.05, 4.69) is 5.32 Å². The first kappa shape index (κ1) is 14.6. The van der Waals surface area contributed by atoms with Crippen LogP contribution in [0, 0.1) is 17.1 Å². The number of nitrogens with zero attached hydrogens (tertiary/aromatic N) is 1. The molecule has 0 aliphatic rings. The molecule has 0 spiro atoms. The van der Waals surface area contributed by atoms with Gasteiger partial charge in [-0.25, -0.2) is 4.39 Å². The average molecular weight is 282 g/mol. The molecular weight excluding hydrogens is 271 g/mol. The summed E-state index contributed by atoms with van der Waals surface area (Å²) in [7, 11) is 0. The van der Waals surface area contributed by atoms with E-state index in [1.807, 2.05) is 6.07 Å². The van der Waals surface area contributed by atoms with Gasteiger partial charge in [-0.2, -0.15) is 5.26 Å². The maximum atomic E-state index is 12.7. The molecule has 1 aromatic rings. The highest BCUT2D eigenvalue weighted by Crippen LogP contribution is 2.27. The van der Waals surface area contributed by atoms with E-state index < -0.39 is 5.91 Å². The van der Waals surface area contributed by atoms with Gasteiger partial charge in [0.25, 0.3) is 5.91 Å². The van der Waals surface area contributed by atoms with Gasteiger partial charge in [0.2, 0.25) is 0 Å². The Labute approximate surface area is 113 Å². The van der Waals surface area contributed by atoms with Gasteiger partial charge in [0.15, 0.2) is 0 Å². The van der Waals surface area contributed by atoms with Crippen molar-refractivity contribution < 1.29 is 9.18 Å². The van der Waals surface area contributed by atoms with E-state index in [0.717, 1.165) is 0 Å². The summed E-state index contributed by atoms with van der Waals surface area (Å²) >= 11 is 2.69. The molecule has 0 aliphatic carbocycles. The fourth-order valence-corrected chi connectivity index (χ4v) is 2.55. The molecule has 6 heteroatoms. The smallest absolute Gasteiger partial charge is 0.268 e. The molecule has 0 heterocycles. The maximum absolute atomic E-state index is 12.7. The van der Waals surface area contributed by atoms with Crippen LogP contribution >= 0.6 is 23.5 Å². The maximum Gasteiger partial charge on any atom is 0.268 e. The molecule has 94 valence electrons. The Hall–Kier alpha value is -1.45. The van der Waals surface area contributed by atoms with E-state index in [9.17, 15) is 9.18 Å². The van der Waals surface area contributed by atoms with Crippen LogP contribution in [0.2, 0.25) is 0 Å². The molecule has 0 saturated carbocycles. The van der Waals surface area contributed by atoms with Crippen LogP contribution in [-0.2, 0) is 4.79 Å². The first-order valence-corrected chi connectivity index (χ1v) is 7.36. The minimum absolute atomic E-state index is 0.0688. The van der Waals surface area contributed by atoms with Gasteiger partial charge in [0, 0.05) is 5.69 Å². The van der Waals surface area contributed by atoms with Crippen LogP contribution in [0.25, 0.3) is 0 Å². The summed E-state index contributed by atoms with van der Waals surface area (Å²) in [6, 6.07) is 7.27. The van der Waals surface area contributed by atoms with Gasteiger partial charge in [-0.3, -0.25) is 4.79 Å². The molecule has 0 fully saturated rings. The summed E-state index contributed by atoms with van der Waals surface area (Å²) in [6.45, 7) is 0. The zero-order valence-corrected chi connectivity index (χ0v) is 11.5. The highest BCUT2D eigenvalue weighted by Gasteiger charge is 2.14. The predicted octanol–water partition coefficient (Wildman–Crippen LogP) is 3.23. The highest BCUT2D eigenvalue weighted by molar-refractivity contribution is 8.21. The van der Waals surface area contributed by atoms with E-state index in [4.69, 9.17) is 5.26 Å². The third kappa shape index (κ3) is 3.79. The Kier molecular flexibility index (Phi) is 5.75. The number of carbonyl (C=O) groups excluding carboxylic acids is 1. The van der Waals surface area contributed by atoms with Gasteiger partial charge in [0.1, 0.15) is 17.5 Å². The molecule has 0 bridgehead atoms. The lowest BCUT2D eigenvalue weighted by molar-refractivity contribution is -0.112. The van der Waals surface area contributed by atoms with Gasteiger partial charge in [-0.1, -0.05) is 0 Å². The van der Waals surface area contributed by atoms with Crippen molar-refractivity contribution in [2.75, 3.05) is 17.8 Å². The molecule has 0 saturated heterocycles. The number of carbonyl (C=O) groups is 1. The first-order chi connectivity index (χ1) is 8.62. The fourth-order valence-electron chi connectivity index (χ4n) is 1.20. The Bertz CT molecular complexity index is 500. The van der Waals surface area contributed by atoms with Crippen molar-refractivity contribution in [1.29, 1.82) is 5.26 Å². The van der Waals surface area contributed by atoms with Gasteiger partial charge >= 0.3 is 0 Å². The molecule has 0 unspecified atom stereocenters. The lowest BCUT2D eigenvalue weighted by Crippen LogP contribution is -2.14. The van der Waals surface area contributed by atoms with Crippen LogP contribution in [0.15, 0.2) is 34.1 Å². The lowest BCUT2D eigenvalue weighted by atomic mass is 10.2. The number of anilines is 1. The van der Waals surface area contributed by atoms with Crippen LogP contribution in [0.5, 0.6) is 0 Å². The van der Waals surface area contributed by atoms with E-state index >= 15 is 0 Å². The molecule has 3 nitrogen and oxygen atoms in total. The molecule has 1 amide bonds. The second-order valence-electron chi connectivity index (χ2n) is 3.14. The first-order valence-electron chi connectivity index (χ1n) is 4.91. The SMILES string of the molecule is CSC(SC)=C(C#N)C(=O)Nc1ccc(F)cc1. The number of thioether (sulfide) groups is 2. The zero-order valence-electron chi connectivity index (χ0n) is 9.86. The molecule has 18 heavy (non-hydrogen) atoms. The Morgan fingerprint density at radius 3 is 2.28 bits per heavy atom. The monoisotopic (exact) mass is 282 g/mol. The minimum atomic E-state index is -0.484. The number of halogens is 1. The van der Waals surface area contributed by atoms with Crippen LogP contribution in [0.4, 0.5) is 10.1 Å². The fraction of sp³-hybridized carbons (Fsp3) is 0.167. The van der Waals surface area contributed by atoms with Crippen molar-refractivity contribution in [2.24, 2.45) is 0 Å². The number of nitrogens with one attached hydrogen (secondary N) is 1. The third-order valence-corrected chi connectivity index (χ3v) is 4.17. The number of nitriles is 1. The van der Waals surface area contributed by atoms with Crippen molar-refractivity contribution in [1.82, 2.24) is 0 Å². The van der Waals surface area contributed by atoms with Crippen molar-refractivity contribution in [3.8, 4) is 6.07 Å². The Morgan fingerprint density at radius 1 is 1.28 bits per heavy atom. The van der Waals surface area contributed by atoms with Crippen molar-refractivity contribution in [2.45, 2.75) is 0 Å². The number of hydrogen-bond donors (Lipinski definition) is 1. The quantitative estimate of drug-likeness (QED) is 0.680. The molecule has 0 atom stereocenters. The van der Waals surface area contributed by atoms with Crippen LogP contribution in [0.3, 0.4) is 0 Å². The van der Waals surface area contributed by atoms with Crippen LogP contribution < -0.4 is 5.32 Å². The largest absolute Gasteiger partial charge is 0.321 e. The Balaban J connectivity index is 2.91. The standard InChI is InChI=1S/C12H11FN2OS2/c1-17-12(18-2)10(7-14)11(16)15-9-5-3-8(13)4-6-9/h3-6H,1-2H3,(H,15,16).